The van der Waals surface area contributed by atoms with Crippen LogP contribution in [0.5, 0.6) is 0 Å². The minimum Gasteiger partial charge on any atom is -0.395 e. The molecule has 0 bridgehead atoms. The van der Waals surface area contributed by atoms with E-state index in [-0.39, 0.29) is 31.6 Å². The SMILES string of the molecule is O=C(CN1C[C@@H](F)C[C@H]1CO)N1CCCCCC1. The Labute approximate surface area is 108 Å². The van der Waals surface area contributed by atoms with Crippen molar-refractivity contribution in [1.82, 2.24) is 9.80 Å². The van der Waals surface area contributed by atoms with Gasteiger partial charge in [-0.2, -0.15) is 0 Å². The van der Waals surface area contributed by atoms with Gasteiger partial charge in [0.25, 0.3) is 0 Å². The molecule has 0 aliphatic carbocycles. The van der Waals surface area contributed by atoms with Gasteiger partial charge in [-0.05, 0) is 19.3 Å². The van der Waals surface area contributed by atoms with E-state index >= 15 is 0 Å². The number of halogens is 1. The highest BCUT2D eigenvalue weighted by Gasteiger charge is 2.33. The molecule has 2 heterocycles. The number of aliphatic hydroxyl groups excluding tert-OH is 1. The van der Waals surface area contributed by atoms with Gasteiger partial charge in [0.1, 0.15) is 6.17 Å². The Morgan fingerprint density at radius 2 is 1.89 bits per heavy atom. The number of nitrogens with zero attached hydrogens (tertiary/aromatic N) is 2. The zero-order valence-electron chi connectivity index (χ0n) is 10.9. The number of aliphatic hydroxyl groups is 1. The Bertz CT molecular complexity index is 280. The largest absolute Gasteiger partial charge is 0.395 e. The van der Waals surface area contributed by atoms with Gasteiger partial charge in [0.05, 0.1) is 13.2 Å². The highest BCUT2D eigenvalue weighted by molar-refractivity contribution is 5.78. The number of hydrogen-bond acceptors (Lipinski definition) is 3. The van der Waals surface area contributed by atoms with Crippen LogP contribution in [0, 0.1) is 0 Å². The summed E-state index contributed by atoms with van der Waals surface area (Å²) in [4.78, 5) is 15.8. The third-order valence-electron chi connectivity index (χ3n) is 3.98. The van der Waals surface area contributed by atoms with Gasteiger partial charge in [-0.25, -0.2) is 4.39 Å². The Kier molecular flexibility index (Phi) is 4.95. The first-order chi connectivity index (χ1) is 8.70. The molecule has 2 fully saturated rings. The minimum absolute atomic E-state index is 0.0618. The number of carbonyl (C=O) groups is 1. The molecule has 0 saturated carbocycles. The fourth-order valence-electron chi connectivity index (χ4n) is 2.90. The van der Waals surface area contributed by atoms with Crippen LogP contribution in [0.1, 0.15) is 32.1 Å². The molecule has 0 aromatic carbocycles. The second-order valence-corrected chi connectivity index (χ2v) is 5.39. The molecule has 2 aliphatic heterocycles. The smallest absolute Gasteiger partial charge is 0.236 e. The first-order valence-corrected chi connectivity index (χ1v) is 6.97. The third-order valence-corrected chi connectivity index (χ3v) is 3.98. The van der Waals surface area contributed by atoms with Crippen molar-refractivity contribution < 1.29 is 14.3 Å². The van der Waals surface area contributed by atoms with E-state index in [9.17, 15) is 14.3 Å². The topological polar surface area (TPSA) is 43.8 Å². The minimum atomic E-state index is -0.904. The summed E-state index contributed by atoms with van der Waals surface area (Å²) in [6.45, 7) is 2.13. The molecule has 0 radical (unpaired) electrons. The molecule has 0 unspecified atom stereocenters. The van der Waals surface area contributed by atoms with E-state index in [1.54, 1.807) is 4.90 Å². The van der Waals surface area contributed by atoms with E-state index in [1.165, 1.54) is 12.8 Å². The average molecular weight is 258 g/mol. The lowest BCUT2D eigenvalue weighted by Crippen LogP contribution is -2.43. The second kappa shape index (κ2) is 6.48. The van der Waals surface area contributed by atoms with Crippen LogP contribution >= 0.6 is 0 Å². The van der Waals surface area contributed by atoms with Crippen LogP contribution in [-0.4, -0.2) is 65.8 Å². The predicted octanol–water partition coefficient (Wildman–Crippen LogP) is 0.794. The van der Waals surface area contributed by atoms with Gasteiger partial charge in [-0.3, -0.25) is 9.69 Å². The molecule has 5 heteroatoms. The summed E-state index contributed by atoms with van der Waals surface area (Å²) < 4.78 is 13.3. The molecule has 0 aromatic heterocycles. The van der Waals surface area contributed by atoms with Crippen LogP contribution in [0.4, 0.5) is 4.39 Å². The van der Waals surface area contributed by atoms with Crippen molar-refractivity contribution in [3.05, 3.63) is 0 Å². The Hall–Kier alpha value is -0.680. The Morgan fingerprint density at radius 1 is 1.22 bits per heavy atom. The summed E-state index contributed by atoms with van der Waals surface area (Å²) >= 11 is 0. The van der Waals surface area contributed by atoms with Gasteiger partial charge < -0.3 is 10.0 Å². The van der Waals surface area contributed by atoms with Crippen molar-refractivity contribution in [2.45, 2.75) is 44.3 Å². The van der Waals surface area contributed by atoms with Crippen molar-refractivity contribution in [3.63, 3.8) is 0 Å². The molecule has 2 aliphatic rings. The quantitative estimate of drug-likeness (QED) is 0.814. The number of likely N-dealkylation sites (tertiary alicyclic amines) is 2. The van der Waals surface area contributed by atoms with Crippen LogP contribution in [0.15, 0.2) is 0 Å². The number of carbonyl (C=O) groups excluding carboxylic acids is 1. The van der Waals surface area contributed by atoms with Crippen LogP contribution in [0.2, 0.25) is 0 Å². The van der Waals surface area contributed by atoms with Crippen LogP contribution < -0.4 is 0 Å². The van der Waals surface area contributed by atoms with Crippen molar-refractivity contribution in [3.8, 4) is 0 Å². The van der Waals surface area contributed by atoms with Crippen molar-refractivity contribution >= 4 is 5.91 Å². The first kappa shape index (κ1) is 13.7. The molecular weight excluding hydrogens is 235 g/mol. The van der Waals surface area contributed by atoms with Gasteiger partial charge in [0, 0.05) is 25.7 Å². The molecule has 104 valence electrons. The molecular formula is C13H23FN2O2. The summed E-state index contributed by atoms with van der Waals surface area (Å²) in [6, 6.07) is -0.184. The standard InChI is InChI=1S/C13H23FN2O2/c14-11-7-12(10-17)16(8-11)9-13(18)15-5-3-1-2-4-6-15/h11-12,17H,1-10H2/t11-,12-/m0/s1. The summed E-state index contributed by atoms with van der Waals surface area (Å²) in [7, 11) is 0. The molecule has 0 spiro atoms. The number of rotatable bonds is 3. The van der Waals surface area contributed by atoms with Gasteiger partial charge in [0.15, 0.2) is 0 Å². The molecule has 1 amide bonds. The fraction of sp³-hybridized carbons (Fsp3) is 0.923. The van der Waals surface area contributed by atoms with Gasteiger partial charge >= 0.3 is 0 Å². The lowest BCUT2D eigenvalue weighted by molar-refractivity contribution is -0.132. The van der Waals surface area contributed by atoms with Gasteiger partial charge in [-0.1, -0.05) is 12.8 Å². The molecule has 2 rings (SSSR count). The van der Waals surface area contributed by atoms with Crippen LogP contribution in [0.3, 0.4) is 0 Å². The molecule has 1 N–H and O–H groups in total. The molecule has 4 nitrogen and oxygen atoms in total. The van der Waals surface area contributed by atoms with Crippen molar-refractivity contribution in [2.24, 2.45) is 0 Å². The van der Waals surface area contributed by atoms with Crippen molar-refractivity contribution in [2.75, 3.05) is 32.8 Å². The number of amides is 1. The zero-order valence-corrected chi connectivity index (χ0v) is 10.9. The molecule has 2 atom stereocenters. The first-order valence-electron chi connectivity index (χ1n) is 6.97. The summed E-state index contributed by atoms with van der Waals surface area (Å²) in [5, 5.41) is 9.19. The summed E-state index contributed by atoms with van der Waals surface area (Å²) in [6.07, 6.45) is 3.98. The lowest BCUT2D eigenvalue weighted by Gasteiger charge is -2.26. The van der Waals surface area contributed by atoms with Crippen molar-refractivity contribution in [1.29, 1.82) is 0 Å². The Balaban J connectivity index is 1.85. The van der Waals surface area contributed by atoms with E-state index in [1.807, 2.05) is 4.90 Å². The molecule has 18 heavy (non-hydrogen) atoms. The lowest BCUT2D eigenvalue weighted by atomic mass is 10.2. The summed E-state index contributed by atoms with van der Waals surface area (Å²) in [5.74, 6) is 0.0875. The fourth-order valence-corrected chi connectivity index (χ4v) is 2.90. The van der Waals surface area contributed by atoms with E-state index in [4.69, 9.17) is 0 Å². The molecule has 2 saturated heterocycles. The maximum Gasteiger partial charge on any atom is 0.236 e. The van der Waals surface area contributed by atoms with Crippen LogP contribution in [0.25, 0.3) is 0 Å². The van der Waals surface area contributed by atoms with Gasteiger partial charge in [-0.15, -0.1) is 0 Å². The normalized spacial score (nSPS) is 30.4. The summed E-state index contributed by atoms with van der Waals surface area (Å²) in [5.41, 5.74) is 0. The monoisotopic (exact) mass is 258 g/mol. The van der Waals surface area contributed by atoms with Gasteiger partial charge in [0.2, 0.25) is 5.91 Å². The third kappa shape index (κ3) is 3.42. The maximum absolute atomic E-state index is 13.3. The molecule has 0 aromatic rings. The zero-order chi connectivity index (χ0) is 13.0. The van der Waals surface area contributed by atoms with E-state index in [0.717, 1.165) is 25.9 Å². The maximum atomic E-state index is 13.3. The second-order valence-electron chi connectivity index (χ2n) is 5.39. The van der Waals surface area contributed by atoms with E-state index in [2.05, 4.69) is 0 Å². The van der Waals surface area contributed by atoms with E-state index < -0.39 is 6.17 Å². The highest BCUT2D eigenvalue weighted by Crippen LogP contribution is 2.20. The van der Waals surface area contributed by atoms with Crippen LogP contribution in [-0.2, 0) is 4.79 Å². The number of alkyl halides is 1. The predicted molar refractivity (Wildman–Crippen MR) is 67.0 cm³/mol. The number of hydrogen-bond donors (Lipinski definition) is 1. The average Bonchev–Trinajstić information content (AvgIpc) is 2.58. The highest BCUT2D eigenvalue weighted by atomic mass is 19.1. The van der Waals surface area contributed by atoms with E-state index in [0.29, 0.717) is 6.42 Å². The Morgan fingerprint density at radius 3 is 2.50 bits per heavy atom.